The molecule has 114 valence electrons. The van der Waals surface area contributed by atoms with Gasteiger partial charge in [-0.15, -0.1) is 0 Å². The second kappa shape index (κ2) is 7.28. The lowest BCUT2D eigenvalue weighted by molar-refractivity contribution is 0.198. The first-order chi connectivity index (χ1) is 9.61. The Bertz CT molecular complexity index is 411. The van der Waals surface area contributed by atoms with Crippen molar-refractivity contribution in [2.24, 2.45) is 5.92 Å². The molecule has 1 saturated heterocycles. The van der Waals surface area contributed by atoms with Gasteiger partial charge in [0.25, 0.3) is 0 Å². The zero-order chi connectivity index (χ0) is 14.5. The van der Waals surface area contributed by atoms with Gasteiger partial charge < -0.3 is 9.73 Å². The first-order valence-electron chi connectivity index (χ1n) is 8.14. The summed E-state index contributed by atoms with van der Waals surface area (Å²) in [5, 5.41) is 3.41. The summed E-state index contributed by atoms with van der Waals surface area (Å²) in [5.74, 6) is 2.91. The van der Waals surface area contributed by atoms with E-state index < -0.39 is 0 Å². The Hall–Kier alpha value is -0.800. The van der Waals surface area contributed by atoms with Crippen LogP contribution in [0.15, 0.2) is 10.5 Å². The molecule has 0 amide bonds. The van der Waals surface area contributed by atoms with E-state index in [-0.39, 0.29) is 0 Å². The van der Waals surface area contributed by atoms with Crippen LogP contribution in [0.3, 0.4) is 0 Å². The summed E-state index contributed by atoms with van der Waals surface area (Å²) in [7, 11) is 0. The molecule has 2 heterocycles. The van der Waals surface area contributed by atoms with Crippen LogP contribution < -0.4 is 5.32 Å². The van der Waals surface area contributed by atoms with Gasteiger partial charge in [-0.3, -0.25) is 4.90 Å². The van der Waals surface area contributed by atoms with Gasteiger partial charge in [0.05, 0.1) is 6.54 Å². The quantitative estimate of drug-likeness (QED) is 0.771. The number of rotatable bonds is 7. The lowest BCUT2D eigenvalue weighted by Crippen LogP contribution is -2.32. The Balaban J connectivity index is 1.95. The Morgan fingerprint density at radius 3 is 2.95 bits per heavy atom. The van der Waals surface area contributed by atoms with E-state index >= 15 is 0 Å². The molecular weight excluding hydrogens is 248 g/mol. The van der Waals surface area contributed by atoms with E-state index in [4.69, 9.17) is 4.42 Å². The van der Waals surface area contributed by atoms with Crippen molar-refractivity contribution in [3.63, 3.8) is 0 Å². The van der Waals surface area contributed by atoms with E-state index in [1.165, 1.54) is 24.9 Å². The minimum absolute atomic E-state index is 0.742. The number of nitrogens with zero attached hydrogens (tertiary/aromatic N) is 1. The van der Waals surface area contributed by atoms with E-state index in [0.29, 0.717) is 0 Å². The molecule has 1 aromatic rings. The molecule has 1 atom stereocenters. The van der Waals surface area contributed by atoms with Crippen molar-refractivity contribution in [2.75, 3.05) is 13.1 Å². The Morgan fingerprint density at radius 1 is 1.45 bits per heavy atom. The van der Waals surface area contributed by atoms with Crippen LogP contribution >= 0.6 is 0 Å². The van der Waals surface area contributed by atoms with Crippen LogP contribution in [-0.2, 0) is 13.1 Å². The SMILES string of the molecule is CCCNCc1cc(CN2CCCC2C(C)C)c(C)o1. The minimum atomic E-state index is 0.742. The molecule has 0 aliphatic carbocycles. The molecule has 0 radical (unpaired) electrons. The summed E-state index contributed by atoms with van der Waals surface area (Å²) >= 11 is 0. The van der Waals surface area contributed by atoms with Crippen LogP contribution in [0.4, 0.5) is 0 Å². The molecule has 1 aromatic heterocycles. The molecule has 1 N–H and O–H groups in total. The van der Waals surface area contributed by atoms with E-state index in [1.807, 2.05) is 0 Å². The van der Waals surface area contributed by atoms with Gasteiger partial charge in [0.1, 0.15) is 11.5 Å². The first-order valence-corrected chi connectivity index (χ1v) is 8.14. The number of hydrogen-bond acceptors (Lipinski definition) is 3. The largest absolute Gasteiger partial charge is 0.465 e. The van der Waals surface area contributed by atoms with Crippen molar-refractivity contribution in [1.29, 1.82) is 0 Å². The van der Waals surface area contributed by atoms with Crippen LogP contribution in [0.25, 0.3) is 0 Å². The van der Waals surface area contributed by atoms with Gasteiger partial charge in [-0.2, -0.15) is 0 Å². The van der Waals surface area contributed by atoms with Crippen molar-refractivity contribution >= 4 is 0 Å². The molecule has 0 spiro atoms. The summed E-state index contributed by atoms with van der Waals surface area (Å²) in [6.07, 6.45) is 3.85. The van der Waals surface area contributed by atoms with Crippen LogP contribution in [0.2, 0.25) is 0 Å². The number of likely N-dealkylation sites (tertiary alicyclic amines) is 1. The summed E-state index contributed by atoms with van der Waals surface area (Å²) in [6, 6.07) is 2.99. The van der Waals surface area contributed by atoms with Crippen LogP contribution in [0, 0.1) is 12.8 Å². The molecule has 3 heteroatoms. The number of aryl methyl sites for hydroxylation is 1. The van der Waals surface area contributed by atoms with Crippen molar-refractivity contribution in [1.82, 2.24) is 10.2 Å². The summed E-state index contributed by atoms with van der Waals surface area (Å²) in [6.45, 7) is 13.1. The lowest BCUT2D eigenvalue weighted by Gasteiger charge is -2.27. The monoisotopic (exact) mass is 278 g/mol. The number of hydrogen-bond donors (Lipinski definition) is 1. The molecule has 0 saturated carbocycles. The average Bonchev–Trinajstić information content (AvgIpc) is 2.98. The summed E-state index contributed by atoms with van der Waals surface area (Å²) < 4.78 is 5.88. The van der Waals surface area contributed by atoms with E-state index in [1.54, 1.807) is 0 Å². The minimum Gasteiger partial charge on any atom is -0.465 e. The molecule has 2 rings (SSSR count). The predicted octanol–water partition coefficient (Wildman–Crippen LogP) is 3.71. The smallest absolute Gasteiger partial charge is 0.118 e. The summed E-state index contributed by atoms with van der Waals surface area (Å²) in [4.78, 5) is 2.63. The second-order valence-electron chi connectivity index (χ2n) is 6.39. The zero-order valence-electron chi connectivity index (χ0n) is 13.5. The fourth-order valence-electron chi connectivity index (χ4n) is 3.24. The van der Waals surface area contributed by atoms with Gasteiger partial charge in [-0.1, -0.05) is 20.8 Å². The highest BCUT2D eigenvalue weighted by atomic mass is 16.3. The predicted molar refractivity (Wildman–Crippen MR) is 83.7 cm³/mol. The third-order valence-corrected chi connectivity index (χ3v) is 4.35. The highest BCUT2D eigenvalue weighted by Gasteiger charge is 2.27. The average molecular weight is 278 g/mol. The first kappa shape index (κ1) is 15.6. The Kier molecular flexibility index (Phi) is 5.67. The van der Waals surface area contributed by atoms with Crippen molar-refractivity contribution in [3.05, 3.63) is 23.2 Å². The zero-order valence-corrected chi connectivity index (χ0v) is 13.5. The maximum absolute atomic E-state index is 5.88. The third kappa shape index (κ3) is 3.86. The molecule has 1 fully saturated rings. The van der Waals surface area contributed by atoms with Gasteiger partial charge in [-0.05, 0) is 51.3 Å². The molecule has 3 nitrogen and oxygen atoms in total. The standard InChI is InChI=1S/C17H30N2O/c1-5-8-18-11-16-10-15(14(4)20-16)12-19-9-6-7-17(19)13(2)3/h10,13,17-18H,5-9,11-12H2,1-4H3. The fourth-order valence-corrected chi connectivity index (χ4v) is 3.24. The van der Waals surface area contributed by atoms with Crippen molar-refractivity contribution in [3.8, 4) is 0 Å². The van der Waals surface area contributed by atoms with Crippen LogP contribution in [0.5, 0.6) is 0 Å². The van der Waals surface area contributed by atoms with Crippen LogP contribution in [-0.4, -0.2) is 24.0 Å². The maximum atomic E-state index is 5.88. The van der Waals surface area contributed by atoms with Gasteiger partial charge in [-0.25, -0.2) is 0 Å². The van der Waals surface area contributed by atoms with E-state index in [0.717, 1.165) is 49.5 Å². The van der Waals surface area contributed by atoms with Gasteiger partial charge in [0.15, 0.2) is 0 Å². The summed E-state index contributed by atoms with van der Waals surface area (Å²) in [5.41, 5.74) is 1.37. The lowest BCUT2D eigenvalue weighted by atomic mass is 10.0. The van der Waals surface area contributed by atoms with Crippen molar-refractivity contribution in [2.45, 2.75) is 66.1 Å². The highest BCUT2D eigenvalue weighted by molar-refractivity contribution is 5.21. The third-order valence-electron chi connectivity index (χ3n) is 4.35. The van der Waals surface area contributed by atoms with Gasteiger partial charge in [0.2, 0.25) is 0 Å². The Morgan fingerprint density at radius 2 is 2.25 bits per heavy atom. The van der Waals surface area contributed by atoms with Gasteiger partial charge in [0, 0.05) is 18.2 Å². The molecule has 0 aromatic carbocycles. The molecule has 1 aliphatic heterocycles. The van der Waals surface area contributed by atoms with E-state index in [2.05, 4.69) is 44.0 Å². The highest BCUT2D eigenvalue weighted by Crippen LogP contribution is 2.27. The Labute approximate surface area is 123 Å². The number of nitrogens with one attached hydrogen (secondary N) is 1. The normalized spacial score (nSPS) is 20.1. The number of furan rings is 1. The maximum Gasteiger partial charge on any atom is 0.118 e. The molecule has 20 heavy (non-hydrogen) atoms. The molecule has 1 aliphatic rings. The molecule has 1 unspecified atom stereocenters. The molecule has 0 bridgehead atoms. The topological polar surface area (TPSA) is 28.4 Å². The fraction of sp³-hybridized carbons (Fsp3) is 0.765. The molecular formula is C17H30N2O. The van der Waals surface area contributed by atoms with Crippen LogP contribution in [0.1, 0.15) is 57.1 Å². The van der Waals surface area contributed by atoms with Gasteiger partial charge >= 0.3 is 0 Å². The second-order valence-corrected chi connectivity index (χ2v) is 6.39. The van der Waals surface area contributed by atoms with Crippen molar-refractivity contribution < 1.29 is 4.42 Å². The van der Waals surface area contributed by atoms with E-state index in [9.17, 15) is 0 Å².